The molecular weight excluding hydrogens is 431 g/mol. The minimum atomic E-state index is 0.0547. The smallest absolute Gasteiger partial charge is 0.259 e. The van der Waals surface area contributed by atoms with Gasteiger partial charge in [0.15, 0.2) is 0 Å². The fourth-order valence-corrected chi connectivity index (χ4v) is 5.47. The van der Waals surface area contributed by atoms with Crippen LogP contribution in [0.15, 0.2) is 78.9 Å². The SMILES string of the molecule is C[n+]1[c-]n(-c2cccc(C(C)(C)C)c2)c2cc3c4c(c21)Oc1ccccc1B4c1ccccc1O3. The van der Waals surface area contributed by atoms with Crippen molar-refractivity contribution in [3.63, 3.8) is 0 Å². The van der Waals surface area contributed by atoms with Gasteiger partial charge in [-0.2, -0.15) is 0 Å². The van der Waals surface area contributed by atoms with E-state index < -0.39 is 0 Å². The molecular formula is C30H25BN2O2. The molecule has 4 aromatic carbocycles. The summed E-state index contributed by atoms with van der Waals surface area (Å²) in [6.45, 7) is 6.77. The molecule has 0 spiro atoms. The molecule has 0 N–H and O–H groups in total. The molecule has 2 aliphatic rings. The number of imidazole rings is 1. The van der Waals surface area contributed by atoms with Crippen LogP contribution in [0, 0.1) is 6.33 Å². The highest BCUT2D eigenvalue weighted by Gasteiger charge is 2.41. The summed E-state index contributed by atoms with van der Waals surface area (Å²) in [7, 11) is 2.03. The van der Waals surface area contributed by atoms with Crippen molar-refractivity contribution in [3.8, 4) is 28.7 Å². The van der Waals surface area contributed by atoms with Gasteiger partial charge in [0.05, 0.1) is 18.3 Å². The van der Waals surface area contributed by atoms with Crippen molar-refractivity contribution in [2.75, 3.05) is 0 Å². The van der Waals surface area contributed by atoms with Gasteiger partial charge in [-0.25, -0.2) is 0 Å². The lowest BCUT2D eigenvalue weighted by atomic mass is 9.35. The van der Waals surface area contributed by atoms with E-state index in [0.29, 0.717) is 0 Å². The van der Waals surface area contributed by atoms with Crippen LogP contribution in [0.2, 0.25) is 0 Å². The molecule has 170 valence electrons. The summed E-state index contributed by atoms with van der Waals surface area (Å²) < 4.78 is 17.3. The number of hydrogen-bond donors (Lipinski definition) is 0. The quantitative estimate of drug-likeness (QED) is 0.210. The summed E-state index contributed by atoms with van der Waals surface area (Å²) >= 11 is 0. The predicted octanol–water partition coefficient (Wildman–Crippen LogP) is 4.28. The third-order valence-corrected chi connectivity index (χ3v) is 7.21. The summed E-state index contributed by atoms with van der Waals surface area (Å²) in [4.78, 5) is 0. The van der Waals surface area contributed by atoms with Gasteiger partial charge in [-0.15, -0.1) is 0 Å². The van der Waals surface area contributed by atoms with E-state index in [4.69, 9.17) is 9.47 Å². The average molecular weight is 456 g/mol. The Bertz CT molecular complexity index is 1650. The third kappa shape index (κ3) is 2.91. The maximum Gasteiger partial charge on any atom is 0.259 e. The first-order valence-corrected chi connectivity index (χ1v) is 12.1. The zero-order chi connectivity index (χ0) is 23.9. The van der Waals surface area contributed by atoms with Gasteiger partial charge in [-0.1, -0.05) is 81.4 Å². The molecule has 0 aliphatic carbocycles. The number of aryl methyl sites for hydroxylation is 1. The maximum atomic E-state index is 6.63. The Labute approximate surface area is 205 Å². The van der Waals surface area contributed by atoms with E-state index in [1.54, 1.807) is 0 Å². The number of benzene rings is 4. The van der Waals surface area contributed by atoms with Gasteiger partial charge in [-0.3, -0.25) is 0 Å². The molecule has 0 atom stereocenters. The molecule has 5 aromatic rings. The van der Waals surface area contributed by atoms with E-state index in [1.807, 2.05) is 23.7 Å². The topological polar surface area (TPSA) is 27.3 Å². The van der Waals surface area contributed by atoms with E-state index in [0.717, 1.165) is 45.2 Å². The Kier molecular flexibility index (Phi) is 4.09. The second-order valence-electron chi connectivity index (χ2n) is 10.5. The maximum absolute atomic E-state index is 6.63. The first-order valence-electron chi connectivity index (χ1n) is 12.1. The van der Waals surface area contributed by atoms with Crippen LogP contribution in [-0.4, -0.2) is 11.3 Å². The molecule has 2 aliphatic heterocycles. The molecule has 0 amide bonds. The summed E-state index contributed by atoms with van der Waals surface area (Å²) in [6, 6.07) is 27.5. The van der Waals surface area contributed by atoms with Gasteiger partial charge in [0, 0.05) is 5.46 Å². The molecule has 7 rings (SSSR count). The van der Waals surface area contributed by atoms with Gasteiger partial charge >= 0.3 is 0 Å². The Morgan fingerprint density at radius 2 is 1.49 bits per heavy atom. The highest BCUT2D eigenvalue weighted by Crippen LogP contribution is 2.39. The molecule has 4 nitrogen and oxygen atoms in total. The molecule has 0 bridgehead atoms. The third-order valence-electron chi connectivity index (χ3n) is 7.21. The van der Waals surface area contributed by atoms with Crippen molar-refractivity contribution in [1.82, 2.24) is 4.57 Å². The van der Waals surface area contributed by atoms with Crippen LogP contribution in [0.3, 0.4) is 0 Å². The lowest BCUT2D eigenvalue weighted by Crippen LogP contribution is -2.57. The van der Waals surface area contributed by atoms with Crippen LogP contribution in [0.4, 0.5) is 0 Å². The Morgan fingerprint density at radius 1 is 0.800 bits per heavy atom. The van der Waals surface area contributed by atoms with Gasteiger partial charge < -0.3 is 18.6 Å². The van der Waals surface area contributed by atoms with Crippen LogP contribution in [-0.2, 0) is 12.5 Å². The first kappa shape index (κ1) is 20.4. The zero-order valence-corrected chi connectivity index (χ0v) is 20.3. The summed E-state index contributed by atoms with van der Waals surface area (Å²) in [5.41, 5.74) is 7.83. The largest absolute Gasteiger partial charge is 0.464 e. The lowest BCUT2D eigenvalue weighted by Gasteiger charge is -2.33. The normalized spacial score (nSPS) is 13.5. The number of para-hydroxylation sites is 2. The van der Waals surface area contributed by atoms with Crippen LogP contribution in [0.1, 0.15) is 26.3 Å². The van der Waals surface area contributed by atoms with Crippen molar-refractivity contribution in [2.45, 2.75) is 26.2 Å². The van der Waals surface area contributed by atoms with Crippen molar-refractivity contribution in [3.05, 3.63) is 90.8 Å². The molecule has 0 fully saturated rings. The van der Waals surface area contributed by atoms with Gasteiger partial charge in [-0.05, 0) is 40.1 Å². The molecule has 35 heavy (non-hydrogen) atoms. The molecule has 3 heterocycles. The molecule has 1 aromatic heterocycles. The minimum absolute atomic E-state index is 0.0547. The van der Waals surface area contributed by atoms with E-state index in [2.05, 4.69) is 98.4 Å². The highest BCUT2D eigenvalue weighted by atomic mass is 16.5. The van der Waals surface area contributed by atoms with E-state index in [9.17, 15) is 0 Å². The number of fused-ring (bicyclic) bond motifs is 6. The Hall–Kier alpha value is -3.99. The van der Waals surface area contributed by atoms with E-state index >= 15 is 0 Å². The van der Waals surface area contributed by atoms with Crippen molar-refractivity contribution < 1.29 is 14.0 Å². The van der Waals surface area contributed by atoms with Crippen molar-refractivity contribution >= 4 is 34.1 Å². The van der Waals surface area contributed by atoms with Crippen LogP contribution < -0.4 is 30.4 Å². The molecule has 0 saturated carbocycles. The fraction of sp³-hybridized carbons (Fsp3) is 0.167. The zero-order valence-electron chi connectivity index (χ0n) is 20.3. The average Bonchev–Trinajstić information content (AvgIpc) is 3.19. The molecule has 5 heteroatoms. The van der Waals surface area contributed by atoms with Gasteiger partial charge in [0.2, 0.25) is 6.33 Å². The van der Waals surface area contributed by atoms with Crippen molar-refractivity contribution in [1.29, 1.82) is 0 Å². The second-order valence-corrected chi connectivity index (χ2v) is 10.5. The number of ether oxygens (including phenoxy) is 2. The predicted molar refractivity (Wildman–Crippen MR) is 140 cm³/mol. The number of hydrogen-bond acceptors (Lipinski definition) is 2. The number of aromatic nitrogens is 2. The molecule has 0 radical (unpaired) electrons. The van der Waals surface area contributed by atoms with E-state index in [1.165, 1.54) is 16.5 Å². The number of rotatable bonds is 1. The summed E-state index contributed by atoms with van der Waals surface area (Å²) in [5.74, 6) is 3.47. The monoisotopic (exact) mass is 456 g/mol. The molecule has 0 unspecified atom stereocenters. The van der Waals surface area contributed by atoms with Crippen LogP contribution in [0.5, 0.6) is 23.0 Å². The van der Waals surface area contributed by atoms with Crippen LogP contribution >= 0.6 is 0 Å². The van der Waals surface area contributed by atoms with Gasteiger partial charge in [0.1, 0.15) is 28.5 Å². The first-order chi connectivity index (χ1) is 16.9. The Balaban J connectivity index is 1.53. The second kappa shape index (κ2) is 7.02. The molecule has 0 saturated heterocycles. The number of nitrogens with zero attached hydrogens (tertiary/aromatic N) is 2. The summed E-state index contributed by atoms with van der Waals surface area (Å²) in [6.07, 6.45) is 3.53. The minimum Gasteiger partial charge on any atom is -0.464 e. The van der Waals surface area contributed by atoms with E-state index in [-0.39, 0.29) is 12.1 Å². The lowest BCUT2D eigenvalue weighted by molar-refractivity contribution is -0.649. The highest BCUT2D eigenvalue weighted by molar-refractivity contribution is 6.98. The van der Waals surface area contributed by atoms with Crippen molar-refractivity contribution in [2.24, 2.45) is 7.05 Å². The fourth-order valence-electron chi connectivity index (χ4n) is 5.47. The Morgan fingerprint density at radius 3 is 2.20 bits per heavy atom. The summed E-state index contributed by atoms with van der Waals surface area (Å²) in [5, 5.41) is 0. The van der Waals surface area contributed by atoms with Crippen LogP contribution in [0.25, 0.3) is 16.7 Å². The van der Waals surface area contributed by atoms with Gasteiger partial charge in [0.25, 0.3) is 6.71 Å². The standard InChI is InChI=1S/C30H25BN2O2/c1-30(2,3)19-10-9-11-20(16-19)33-18-32(4)28-23(33)17-26-27-29(28)35-25-15-8-6-13-22(25)31(27)21-12-5-7-14-24(21)34-26/h5-17H,1-4H3.